The van der Waals surface area contributed by atoms with Crippen molar-refractivity contribution in [3.8, 4) is 0 Å². The molecule has 1 aromatic heterocycles. The molecule has 0 radical (unpaired) electrons. The van der Waals surface area contributed by atoms with Crippen LogP contribution in [-0.2, 0) is 0 Å². The van der Waals surface area contributed by atoms with Crippen molar-refractivity contribution >= 4 is 11.3 Å². The number of aromatic nitrogens is 1. The molecule has 0 aliphatic carbocycles. The summed E-state index contributed by atoms with van der Waals surface area (Å²) in [5.41, 5.74) is 0.519. The van der Waals surface area contributed by atoms with Gasteiger partial charge in [0.2, 0.25) is 0 Å². The Morgan fingerprint density at radius 2 is 2.05 bits per heavy atom. The number of hydrogen-bond acceptors (Lipinski definition) is 3. The highest BCUT2D eigenvalue weighted by molar-refractivity contribution is 7.11. The zero-order chi connectivity index (χ0) is 14.0. The summed E-state index contributed by atoms with van der Waals surface area (Å²) >= 11 is 1.45. The van der Waals surface area contributed by atoms with E-state index in [-0.39, 0.29) is 5.56 Å². The maximum Gasteiger partial charge on any atom is 0.134 e. The summed E-state index contributed by atoms with van der Waals surface area (Å²) < 4.78 is 28.2. The fourth-order valence-electron chi connectivity index (χ4n) is 2.00. The number of rotatable bonds is 4. The molecule has 0 spiro atoms. The number of benzene rings is 1. The van der Waals surface area contributed by atoms with Crippen molar-refractivity contribution in [1.82, 2.24) is 10.3 Å². The summed E-state index contributed by atoms with van der Waals surface area (Å²) in [5.74, 6) is -1.02. The van der Waals surface area contributed by atoms with Crippen LogP contribution in [0.25, 0.3) is 0 Å². The van der Waals surface area contributed by atoms with Gasteiger partial charge in [-0.1, -0.05) is 13.0 Å². The Morgan fingerprint density at radius 3 is 2.63 bits per heavy atom. The van der Waals surface area contributed by atoms with Crippen LogP contribution in [0.5, 0.6) is 0 Å². The minimum atomic E-state index is -0.528. The Balaban J connectivity index is 2.53. The van der Waals surface area contributed by atoms with Gasteiger partial charge in [0.25, 0.3) is 0 Å². The predicted molar refractivity (Wildman–Crippen MR) is 73.5 cm³/mol. The number of aryl methyl sites for hydroxylation is 2. The van der Waals surface area contributed by atoms with Gasteiger partial charge in [0.05, 0.1) is 11.0 Å². The van der Waals surface area contributed by atoms with Crippen molar-refractivity contribution in [2.75, 3.05) is 6.54 Å². The monoisotopic (exact) mass is 282 g/mol. The van der Waals surface area contributed by atoms with Crippen molar-refractivity contribution < 1.29 is 8.78 Å². The molecule has 102 valence electrons. The molecule has 1 aromatic carbocycles. The third-order valence-electron chi connectivity index (χ3n) is 2.94. The standard InChI is InChI=1S/C14H16F2N2S/c1-4-17-14(11-7-18-9(3)19-11)12-10(15)6-5-8(2)13(12)16/h5-7,14,17H,4H2,1-3H3. The van der Waals surface area contributed by atoms with Gasteiger partial charge >= 0.3 is 0 Å². The SMILES string of the molecule is CCNC(c1cnc(C)s1)c1c(F)ccc(C)c1F. The molecule has 2 rings (SSSR count). The van der Waals surface area contributed by atoms with Crippen LogP contribution < -0.4 is 5.32 Å². The first-order valence-corrected chi connectivity index (χ1v) is 6.96. The largest absolute Gasteiger partial charge is 0.306 e. The smallest absolute Gasteiger partial charge is 0.134 e. The summed E-state index contributed by atoms with van der Waals surface area (Å²) in [6.07, 6.45) is 1.68. The molecule has 0 bridgehead atoms. The van der Waals surface area contributed by atoms with Gasteiger partial charge in [-0.3, -0.25) is 0 Å². The zero-order valence-electron chi connectivity index (χ0n) is 11.1. The van der Waals surface area contributed by atoms with Gasteiger partial charge in [0.15, 0.2) is 0 Å². The molecule has 2 nitrogen and oxygen atoms in total. The highest BCUT2D eigenvalue weighted by atomic mass is 32.1. The zero-order valence-corrected chi connectivity index (χ0v) is 11.9. The van der Waals surface area contributed by atoms with Crippen LogP contribution in [0.4, 0.5) is 8.78 Å². The number of nitrogens with zero attached hydrogens (tertiary/aromatic N) is 1. The van der Waals surface area contributed by atoms with E-state index in [1.807, 2.05) is 13.8 Å². The lowest BCUT2D eigenvalue weighted by Gasteiger charge is -2.18. The third kappa shape index (κ3) is 2.82. The van der Waals surface area contributed by atoms with Crippen molar-refractivity contribution in [3.63, 3.8) is 0 Å². The average molecular weight is 282 g/mol. The third-order valence-corrected chi connectivity index (χ3v) is 3.92. The molecule has 19 heavy (non-hydrogen) atoms. The molecule has 0 fully saturated rings. The maximum absolute atomic E-state index is 14.2. The van der Waals surface area contributed by atoms with Gasteiger partial charge in [-0.05, 0) is 32.0 Å². The molecule has 0 saturated heterocycles. The highest BCUT2D eigenvalue weighted by Crippen LogP contribution is 2.31. The first-order chi connectivity index (χ1) is 9.04. The summed E-state index contributed by atoms with van der Waals surface area (Å²) in [7, 11) is 0. The van der Waals surface area contributed by atoms with E-state index in [9.17, 15) is 8.78 Å². The summed E-state index contributed by atoms with van der Waals surface area (Å²) in [4.78, 5) is 4.98. The summed E-state index contributed by atoms with van der Waals surface area (Å²) in [5, 5.41) is 4.01. The quantitative estimate of drug-likeness (QED) is 0.924. The highest BCUT2D eigenvalue weighted by Gasteiger charge is 2.24. The molecule has 1 N–H and O–H groups in total. The van der Waals surface area contributed by atoms with Crippen LogP contribution in [0.15, 0.2) is 18.3 Å². The number of hydrogen-bond donors (Lipinski definition) is 1. The number of nitrogens with one attached hydrogen (secondary N) is 1. The van der Waals surface area contributed by atoms with Crippen LogP contribution in [0.1, 0.15) is 34.0 Å². The molecular formula is C14H16F2N2S. The van der Waals surface area contributed by atoms with Crippen LogP contribution >= 0.6 is 11.3 Å². The van der Waals surface area contributed by atoms with Gasteiger partial charge in [0.1, 0.15) is 11.6 Å². The van der Waals surface area contributed by atoms with E-state index in [4.69, 9.17) is 0 Å². The van der Waals surface area contributed by atoms with E-state index >= 15 is 0 Å². The summed E-state index contributed by atoms with van der Waals surface area (Å²) in [6, 6.07) is 2.28. The molecule has 1 atom stereocenters. The molecule has 0 aliphatic rings. The van der Waals surface area contributed by atoms with E-state index in [0.29, 0.717) is 12.1 Å². The maximum atomic E-state index is 14.2. The second-order valence-electron chi connectivity index (χ2n) is 4.36. The van der Waals surface area contributed by atoms with Gasteiger partial charge < -0.3 is 5.32 Å². The van der Waals surface area contributed by atoms with E-state index in [2.05, 4.69) is 10.3 Å². The molecule has 5 heteroatoms. The van der Waals surface area contributed by atoms with E-state index in [0.717, 1.165) is 9.88 Å². The Morgan fingerprint density at radius 1 is 1.32 bits per heavy atom. The van der Waals surface area contributed by atoms with Crippen LogP contribution in [-0.4, -0.2) is 11.5 Å². The summed E-state index contributed by atoms with van der Waals surface area (Å²) in [6.45, 7) is 6.04. The second-order valence-corrected chi connectivity index (χ2v) is 5.63. The Bertz CT molecular complexity index is 581. The average Bonchev–Trinajstić information content (AvgIpc) is 2.80. The van der Waals surface area contributed by atoms with Crippen molar-refractivity contribution in [2.24, 2.45) is 0 Å². The fraction of sp³-hybridized carbons (Fsp3) is 0.357. The Hall–Kier alpha value is -1.33. The van der Waals surface area contributed by atoms with Crippen LogP contribution in [0.3, 0.4) is 0 Å². The van der Waals surface area contributed by atoms with Crippen LogP contribution in [0, 0.1) is 25.5 Å². The molecule has 2 aromatic rings. The molecule has 1 unspecified atom stereocenters. The van der Waals surface area contributed by atoms with Crippen molar-refractivity contribution in [2.45, 2.75) is 26.8 Å². The van der Waals surface area contributed by atoms with Gasteiger partial charge in [-0.25, -0.2) is 13.8 Å². The molecule has 0 amide bonds. The number of halogens is 2. The van der Waals surface area contributed by atoms with Crippen molar-refractivity contribution in [1.29, 1.82) is 0 Å². The fourth-order valence-corrected chi connectivity index (χ4v) is 2.87. The topological polar surface area (TPSA) is 24.9 Å². The lowest BCUT2D eigenvalue weighted by Crippen LogP contribution is -2.23. The first kappa shape index (κ1) is 14.1. The van der Waals surface area contributed by atoms with E-state index in [1.165, 1.54) is 23.5 Å². The van der Waals surface area contributed by atoms with Gasteiger partial charge in [0, 0.05) is 16.6 Å². The molecule has 0 aliphatic heterocycles. The Labute approximate surface area is 115 Å². The molecule has 0 saturated carbocycles. The molecule has 1 heterocycles. The lowest BCUT2D eigenvalue weighted by atomic mass is 10.0. The van der Waals surface area contributed by atoms with E-state index < -0.39 is 17.7 Å². The van der Waals surface area contributed by atoms with Gasteiger partial charge in [-0.2, -0.15) is 0 Å². The minimum absolute atomic E-state index is 0.0745. The normalized spacial score (nSPS) is 12.7. The molecular weight excluding hydrogens is 266 g/mol. The lowest BCUT2D eigenvalue weighted by molar-refractivity contribution is 0.509. The predicted octanol–water partition coefficient (Wildman–Crippen LogP) is 3.74. The Kier molecular flexibility index (Phi) is 4.27. The number of thiazole rings is 1. The first-order valence-electron chi connectivity index (χ1n) is 6.14. The second kappa shape index (κ2) is 5.75. The van der Waals surface area contributed by atoms with Gasteiger partial charge in [-0.15, -0.1) is 11.3 Å². The van der Waals surface area contributed by atoms with E-state index in [1.54, 1.807) is 13.1 Å². The minimum Gasteiger partial charge on any atom is -0.306 e. The van der Waals surface area contributed by atoms with Crippen molar-refractivity contribution in [3.05, 3.63) is 51.0 Å². The van der Waals surface area contributed by atoms with Crippen LogP contribution in [0.2, 0.25) is 0 Å².